The van der Waals surface area contributed by atoms with Crippen LogP contribution in [-0.4, -0.2) is 21.2 Å². The highest BCUT2D eigenvalue weighted by atomic mass is 35.5. The maximum atomic E-state index is 13.3. The fourth-order valence-corrected chi connectivity index (χ4v) is 4.20. The lowest BCUT2D eigenvalue weighted by atomic mass is 9.93. The van der Waals surface area contributed by atoms with Crippen LogP contribution in [0.25, 0.3) is 10.9 Å². The van der Waals surface area contributed by atoms with Crippen molar-refractivity contribution in [2.75, 3.05) is 0 Å². The zero-order valence-corrected chi connectivity index (χ0v) is 19.4. The first kappa shape index (κ1) is 24.1. The van der Waals surface area contributed by atoms with Crippen LogP contribution in [0.2, 0.25) is 5.02 Å². The number of carbonyl (C=O) groups is 1. The molecule has 1 aromatic heterocycles. The van der Waals surface area contributed by atoms with Crippen molar-refractivity contribution in [1.82, 2.24) is 4.57 Å². The first-order valence-electron chi connectivity index (χ1n) is 9.99. The van der Waals surface area contributed by atoms with Crippen LogP contribution in [-0.2, 0) is 18.0 Å². The first-order chi connectivity index (χ1) is 14.6. The molecular formula is C24H25ClF3NO3. The first-order valence-corrected chi connectivity index (χ1v) is 10.4. The minimum atomic E-state index is -4.48. The monoisotopic (exact) mass is 467 g/mol. The van der Waals surface area contributed by atoms with Crippen LogP contribution in [0.4, 0.5) is 13.2 Å². The van der Waals surface area contributed by atoms with E-state index in [0.29, 0.717) is 33.2 Å². The third-order valence-electron chi connectivity index (χ3n) is 5.23. The van der Waals surface area contributed by atoms with Crippen molar-refractivity contribution < 1.29 is 27.8 Å². The molecule has 1 unspecified atom stereocenters. The highest BCUT2D eigenvalue weighted by Gasteiger charge is 2.33. The normalized spacial score (nSPS) is 13.5. The maximum absolute atomic E-state index is 13.3. The molecule has 0 saturated heterocycles. The van der Waals surface area contributed by atoms with Crippen molar-refractivity contribution in [3.63, 3.8) is 0 Å². The number of hydrogen-bond acceptors (Lipinski definition) is 3. The molecule has 1 heterocycles. The largest absolute Gasteiger partial charge is 0.456 e. The molecule has 8 heteroatoms. The van der Waals surface area contributed by atoms with Gasteiger partial charge in [0.15, 0.2) is 0 Å². The highest BCUT2D eigenvalue weighted by molar-refractivity contribution is 6.34. The zero-order valence-electron chi connectivity index (χ0n) is 18.7. The number of alkyl halides is 3. The summed E-state index contributed by atoms with van der Waals surface area (Å²) in [4.78, 5) is 12.6. The van der Waals surface area contributed by atoms with E-state index in [4.69, 9.17) is 16.3 Å². The molecule has 3 rings (SSSR count). The third kappa shape index (κ3) is 4.50. The predicted octanol–water partition coefficient (Wildman–Crippen LogP) is 6.50. The Labute approximate surface area is 189 Å². The third-order valence-corrected chi connectivity index (χ3v) is 5.64. The molecule has 1 atom stereocenters. The number of esters is 1. The molecule has 0 radical (unpaired) electrons. The second kappa shape index (κ2) is 8.12. The van der Waals surface area contributed by atoms with Crippen molar-refractivity contribution in [1.29, 1.82) is 0 Å². The molecule has 1 N–H and O–H groups in total. The van der Waals surface area contributed by atoms with Crippen molar-refractivity contribution in [3.05, 3.63) is 68.9 Å². The summed E-state index contributed by atoms with van der Waals surface area (Å²) in [5.74, 6) is -0.625. The van der Waals surface area contributed by atoms with E-state index in [1.54, 1.807) is 53.9 Å². The van der Waals surface area contributed by atoms with Gasteiger partial charge in [0.25, 0.3) is 0 Å². The SMILES string of the molecule is Cc1ccc(C(=O)OC(C)(C)C)c(Cl)c1C(O)c1cn(C)c2cc(C(F)(F)F)cc(C)c12. The number of carbonyl (C=O) groups excluding carboxylic acids is 1. The van der Waals surface area contributed by atoms with Gasteiger partial charge in [-0.25, -0.2) is 4.79 Å². The molecule has 32 heavy (non-hydrogen) atoms. The number of rotatable bonds is 3. The number of halogens is 4. The number of aromatic nitrogens is 1. The second-order valence-corrected chi connectivity index (χ2v) is 9.32. The van der Waals surface area contributed by atoms with Crippen molar-refractivity contribution in [2.45, 2.75) is 52.5 Å². The van der Waals surface area contributed by atoms with Crippen molar-refractivity contribution in [3.8, 4) is 0 Å². The lowest BCUT2D eigenvalue weighted by Gasteiger charge is -2.22. The number of aryl methyl sites for hydroxylation is 3. The molecule has 0 aliphatic carbocycles. The van der Waals surface area contributed by atoms with Crippen molar-refractivity contribution in [2.24, 2.45) is 7.05 Å². The van der Waals surface area contributed by atoms with E-state index in [1.807, 2.05) is 0 Å². The summed E-state index contributed by atoms with van der Waals surface area (Å²) in [5, 5.41) is 11.8. The van der Waals surface area contributed by atoms with E-state index in [0.717, 1.165) is 12.1 Å². The van der Waals surface area contributed by atoms with E-state index in [1.165, 1.54) is 10.6 Å². The highest BCUT2D eigenvalue weighted by Crippen LogP contribution is 2.40. The number of aliphatic hydroxyl groups is 1. The van der Waals surface area contributed by atoms with Crippen LogP contribution in [0, 0.1) is 13.8 Å². The van der Waals surface area contributed by atoms with Gasteiger partial charge in [0, 0.05) is 35.3 Å². The number of nitrogens with zero attached hydrogens (tertiary/aromatic N) is 1. The van der Waals surface area contributed by atoms with Gasteiger partial charge in [0.05, 0.1) is 16.1 Å². The summed E-state index contributed by atoms with van der Waals surface area (Å²) >= 11 is 6.55. The van der Waals surface area contributed by atoms with E-state index in [-0.39, 0.29) is 10.6 Å². The number of hydrogen-bond donors (Lipinski definition) is 1. The zero-order chi connectivity index (χ0) is 24.2. The topological polar surface area (TPSA) is 51.5 Å². The van der Waals surface area contributed by atoms with Crippen LogP contribution in [0.5, 0.6) is 0 Å². The summed E-state index contributed by atoms with van der Waals surface area (Å²) in [7, 11) is 1.61. The molecule has 4 nitrogen and oxygen atoms in total. The van der Waals surface area contributed by atoms with Crippen LogP contribution in [0.3, 0.4) is 0 Å². The van der Waals surface area contributed by atoms with Gasteiger partial charge in [-0.1, -0.05) is 17.7 Å². The molecule has 0 aliphatic rings. The van der Waals surface area contributed by atoms with Gasteiger partial charge in [0.1, 0.15) is 11.7 Å². The van der Waals surface area contributed by atoms with Gasteiger partial charge in [-0.3, -0.25) is 0 Å². The Bertz CT molecular complexity index is 1210. The summed E-state index contributed by atoms with van der Waals surface area (Å²) in [6.45, 7) is 8.51. The number of fused-ring (bicyclic) bond motifs is 1. The van der Waals surface area contributed by atoms with Gasteiger partial charge in [-0.15, -0.1) is 0 Å². The Morgan fingerprint density at radius 1 is 1.12 bits per heavy atom. The molecule has 3 aromatic rings. The summed E-state index contributed by atoms with van der Waals surface area (Å²) in [6.07, 6.45) is -4.16. The second-order valence-electron chi connectivity index (χ2n) is 8.94. The van der Waals surface area contributed by atoms with Gasteiger partial charge < -0.3 is 14.4 Å². The number of ether oxygens (including phenoxy) is 1. The van der Waals surface area contributed by atoms with Crippen LogP contribution in [0.1, 0.15) is 65.1 Å². The number of benzene rings is 2. The van der Waals surface area contributed by atoms with E-state index >= 15 is 0 Å². The molecule has 0 saturated carbocycles. The molecule has 0 fully saturated rings. The van der Waals surface area contributed by atoms with E-state index in [2.05, 4.69) is 0 Å². The Morgan fingerprint density at radius 2 is 1.75 bits per heavy atom. The Kier molecular flexibility index (Phi) is 6.13. The summed E-state index contributed by atoms with van der Waals surface area (Å²) in [6, 6.07) is 5.31. The fraction of sp³-hybridized carbons (Fsp3) is 0.375. The van der Waals surface area contributed by atoms with Crippen LogP contribution >= 0.6 is 11.6 Å². The van der Waals surface area contributed by atoms with Crippen LogP contribution in [0.15, 0.2) is 30.5 Å². The lowest BCUT2D eigenvalue weighted by Crippen LogP contribution is -2.24. The Hall–Kier alpha value is -2.51. The van der Waals surface area contributed by atoms with E-state index in [9.17, 15) is 23.1 Å². The summed E-state index contributed by atoms with van der Waals surface area (Å²) < 4.78 is 46.8. The average molecular weight is 468 g/mol. The Morgan fingerprint density at radius 3 is 2.31 bits per heavy atom. The quantitative estimate of drug-likeness (QED) is 0.447. The van der Waals surface area contributed by atoms with Crippen molar-refractivity contribution >= 4 is 28.5 Å². The molecule has 0 amide bonds. The molecule has 172 valence electrons. The molecule has 0 spiro atoms. The van der Waals surface area contributed by atoms with Gasteiger partial charge in [-0.2, -0.15) is 13.2 Å². The van der Waals surface area contributed by atoms with E-state index < -0.39 is 29.4 Å². The average Bonchev–Trinajstić information content (AvgIpc) is 2.97. The minimum Gasteiger partial charge on any atom is -0.456 e. The van der Waals surface area contributed by atoms with Gasteiger partial charge in [-0.05, 0) is 63.9 Å². The molecule has 2 aromatic carbocycles. The maximum Gasteiger partial charge on any atom is 0.416 e. The number of aliphatic hydroxyl groups excluding tert-OH is 1. The predicted molar refractivity (Wildman–Crippen MR) is 118 cm³/mol. The molecule has 0 bridgehead atoms. The molecular weight excluding hydrogens is 443 g/mol. The van der Waals surface area contributed by atoms with Crippen LogP contribution < -0.4 is 0 Å². The molecule has 0 aliphatic heterocycles. The van der Waals surface area contributed by atoms with Gasteiger partial charge >= 0.3 is 12.1 Å². The smallest absolute Gasteiger partial charge is 0.416 e. The minimum absolute atomic E-state index is 0.0494. The fourth-order valence-electron chi connectivity index (χ4n) is 3.81. The van der Waals surface area contributed by atoms with Gasteiger partial charge in [0.2, 0.25) is 0 Å². The standard InChI is InChI=1S/C24H25ClF3NO3/c1-12-7-8-15(22(31)32-23(3,4)5)20(25)19(12)21(30)16-11-29(6)17-10-14(24(26,27)28)9-13(2)18(16)17/h7-11,21,30H,1-6H3. The Balaban J connectivity index is 2.17. The lowest BCUT2D eigenvalue weighted by molar-refractivity contribution is -0.137. The summed E-state index contributed by atoms with van der Waals surface area (Å²) in [5.41, 5.74) is 0.680.